The normalized spacial score (nSPS) is 11.4. The molecule has 0 saturated carbocycles. The van der Waals surface area contributed by atoms with E-state index in [9.17, 15) is 19.7 Å². The van der Waals surface area contributed by atoms with Crippen molar-refractivity contribution in [2.45, 2.75) is 13.0 Å². The summed E-state index contributed by atoms with van der Waals surface area (Å²) in [7, 11) is 3.32. The molecule has 0 heterocycles. The molecule has 0 aliphatic heterocycles. The minimum absolute atomic E-state index is 0.00995. The molecule has 0 aliphatic rings. The second-order valence-electron chi connectivity index (χ2n) is 6.24. The fourth-order valence-electron chi connectivity index (χ4n) is 2.58. The molecule has 0 bridgehead atoms. The lowest BCUT2D eigenvalue weighted by atomic mass is 10.1. The average Bonchev–Trinajstić information content (AvgIpc) is 2.65. The van der Waals surface area contributed by atoms with E-state index in [2.05, 4.69) is 5.32 Å². The lowest BCUT2D eigenvalue weighted by molar-refractivity contribution is -0.384. The molecule has 1 amide bonds. The number of hydrogen-bond acceptors (Lipinski definition) is 6. The predicted molar refractivity (Wildman–Crippen MR) is 106 cm³/mol. The molecule has 2 rings (SSSR count). The van der Waals surface area contributed by atoms with Crippen molar-refractivity contribution in [2.24, 2.45) is 0 Å². The van der Waals surface area contributed by atoms with Crippen molar-refractivity contribution in [2.75, 3.05) is 25.6 Å². The number of halogens is 1. The summed E-state index contributed by atoms with van der Waals surface area (Å²) in [6, 6.07) is 10.7. The van der Waals surface area contributed by atoms with Gasteiger partial charge in [-0.1, -0.05) is 29.8 Å². The van der Waals surface area contributed by atoms with E-state index in [-0.39, 0.29) is 17.3 Å². The number of nitro groups is 1. The van der Waals surface area contributed by atoms with Gasteiger partial charge in [-0.15, -0.1) is 0 Å². The van der Waals surface area contributed by atoms with Crippen molar-refractivity contribution in [1.82, 2.24) is 5.32 Å². The Kier molecular flexibility index (Phi) is 6.94. The molecule has 0 aliphatic carbocycles. The summed E-state index contributed by atoms with van der Waals surface area (Å²) in [5.74, 6) is -1.34. The van der Waals surface area contributed by atoms with Crippen LogP contribution in [0, 0.1) is 10.1 Å². The zero-order valence-electron chi connectivity index (χ0n) is 15.6. The number of rotatable bonds is 7. The number of carbonyl (C=O) groups is 2. The standard InChI is InChI=1S/C19H20ClN3O5/c1-12(14-6-4-5-7-15(14)20)21-18(24)11-28-19(25)13-8-9-16(22(2)3)17(10-13)23(26)27/h4-10,12H,11H2,1-3H3,(H,21,24)/t12-/m1/s1. The summed E-state index contributed by atoms with van der Waals surface area (Å²) in [4.78, 5) is 36.4. The molecule has 0 fully saturated rings. The van der Waals surface area contributed by atoms with E-state index in [1.165, 1.54) is 12.1 Å². The maximum atomic E-state index is 12.2. The molecule has 8 nitrogen and oxygen atoms in total. The van der Waals surface area contributed by atoms with Crippen LogP contribution in [0.5, 0.6) is 0 Å². The first-order valence-corrected chi connectivity index (χ1v) is 8.75. The largest absolute Gasteiger partial charge is 0.452 e. The van der Waals surface area contributed by atoms with Crippen molar-refractivity contribution in [1.29, 1.82) is 0 Å². The van der Waals surface area contributed by atoms with Crippen LogP contribution in [0.4, 0.5) is 11.4 Å². The molecule has 0 radical (unpaired) electrons. The van der Waals surface area contributed by atoms with Gasteiger partial charge in [-0.3, -0.25) is 14.9 Å². The molecule has 0 saturated heterocycles. The third-order valence-electron chi connectivity index (χ3n) is 3.97. The van der Waals surface area contributed by atoms with E-state index in [0.717, 1.165) is 11.6 Å². The van der Waals surface area contributed by atoms with Crippen LogP contribution in [-0.2, 0) is 9.53 Å². The van der Waals surface area contributed by atoms with E-state index in [1.54, 1.807) is 50.2 Å². The first-order chi connectivity index (χ1) is 13.2. The van der Waals surface area contributed by atoms with E-state index in [1.807, 2.05) is 0 Å². The van der Waals surface area contributed by atoms with Crippen LogP contribution in [0.15, 0.2) is 42.5 Å². The second-order valence-corrected chi connectivity index (χ2v) is 6.65. The van der Waals surface area contributed by atoms with Gasteiger partial charge in [0.2, 0.25) is 0 Å². The highest BCUT2D eigenvalue weighted by molar-refractivity contribution is 6.31. The number of esters is 1. The van der Waals surface area contributed by atoms with Crippen LogP contribution in [-0.4, -0.2) is 37.5 Å². The summed E-state index contributed by atoms with van der Waals surface area (Å²) < 4.78 is 4.97. The van der Waals surface area contributed by atoms with Crippen LogP contribution in [0.25, 0.3) is 0 Å². The number of carbonyl (C=O) groups excluding carboxylic acids is 2. The maximum absolute atomic E-state index is 12.2. The van der Waals surface area contributed by atoms with Crippen molar-refractivity contribution >= 4 is 34.9 Å². The Bertz CT molecular complexity index is 901. The number of nitrogens with one attached hydrogen (secondary N) is 1. The Labute approximate surface area is 167 Å². The lowest BCUT2D eigenvalue weighted by Gasteiger charge is -2.16. The number of hydrogen-bond donors (Lipinski definition) is 1. The zero-order chi connectivity index (χ0) is 20.8. The molecule has 0 spiro atoms. The van der Waals surface area contributed by atoms with Gasteiger partial charge in [0.1, 0.15) is 5.69 Å². The highest BCUT2D eigenvalue weighted by Crippen LogP contribution is 2.28. The van der Waals surface area contributed by atoms with Crippen LogP contribution in [0.2, 0.25) is 5.02 Å². The fraction of sp³-hybridized carbons (Fsp3) is 0.263. The Morgan fingerprint density at radius 2 is 1.93 bits per heavy atom. The Morgan fingerprint density at radius 1 is 1.25 bits per heavy atom. The minimum atomic E-state index is -0.825. The van der Waals surface area contributed by atoms with E-state index in [0.29, 0.717) is 10.7 Å². The Morgan fingerprint density at radius 3 is 2.54 bits per heavy atom. The number of benzene rings is 2. The quantitative estimate of drug-likeness (QED) is 0.430. The smallest absolute Gasteiger partial charge is 0.338 e. The van der Waals surface area contributed by atoms with Crippen molar-refractivity contribution < 1.29 is 19.2 Å². The molecule has 9 heteroatoms. The number of nitrogens with zero attached hydrogens (tertiary/aromatic N) is 2. The van der Waals surface area contributed by atoms with Gasteiger partial charge in [0.15, 0.2) is 6.61 Å². The summed E-state index contributed by atoms with van der Waals surface area (Å²) >= 11 is 6.09. The molecule has 1 atom stereocenters. The van der Waals surface area contributed by atoms with Crippen molar-refractivity contribution in [3.8, 4) is 0 Å². The van der Waals surface area contributed by atoms with E-state index >= 15 is 0 Å². The molecule has 0 unspecified atom stereocenters. The van der Waals surface area contributed by atoms with Crippen molar-refractivity contribution in [3.63, 3.8) is 0 Å². The number of nitro benzene ring substituents is 1. The monoisotopic (exact) mass is 405 g/mol. The van der Waals surface area contributed by atoms with Gasteiger partial charge in [0.25, 0.3) is 11.6 Å². The average molecular weight is 406 g/mol. The highest BCUT2D eigenvalue weighted by Gasteiger charge is 2.20. The third kappa shape index (κ3) is 5.20. The third-order valence-corrected chi connectivity index (χ3v) is 4.32. The van der Waals surface area contributed by atoms with Gasteiger partial charge in [0.05, 0.1) is 16.5 Å². The molecule has 2 aromatic rings. The molecule has 0 aromatic heterocycles. The molecule has 28 heavy (non-hydrogen) atoms. The maximum Gasteiger partial charge on any atom is 0.338 e. The van der Waals surface area contributed by atoms with Gasteiger partial charge in [-0.25, -0.2) is 4.79 Å². The highest BCUT2D eigenvalue weighted by atomic mass is 35.5. The van der Waals surface area contributed by atoms with Crippen LogP contribution < -0.4 is 10.2 Å². The topological polar surface area (TPSA) is 102 Å². The van der Waals surface area contributed by atoms with Gasteiger partial charge in [-0.05, 0) is 30.7 Å². The number of amides is 1. The predicted octanol–water partition coefficient (Wildman–Crippen LogP) is 3.35. The zero-order valence-corrected chi connectivity index (χ0v) is 16.4. The van der Waals surface area contributed by atoms with E-state index in [4.69, 9.17) is 16.3 Å². The molecule has 148 valence electrons. The van der Waals surface area contributed by atoms with Gasteiger partial charge in [0, 0.05) is 25.2 Å². The summed E-state index contributed by atoms with van der Waals surface area (Å²) in [6.07, 6.45) is 0. The first-order valence-electron chi connectivity index (χ1n) is 8.37. The van der Waals surface area contributed by atoms with Crippen LogP contribution in [0.3, 0.4) is 0 Å². The number of anilines is 1. The van der Waals surface area contributed by atoms with E-state index < -0.39 is 23.4 Å². The molecule has 2 aromatic carbocycles. The molecular weight excluding hydrogens is 386 g/mol. The summed E-state index contributed by atoms with van der Waals surface area (Å²) in [5, 5.41) is 14.4. The fourth-order valence-corrected chi connectivity index (χ4v) is 2.88. The summed E-state index contributed by atoms with van der Waals surface area (Å²) in [6.45, 7) is 1.24. The van der Waals surface area contributed by atoms with Crippen LogP contribution >= 0.6 is 11.6 Å². The van der Waals surface area contributed by atoms with Gasteiger partial charge in [-0.2, -0.15) is 0 Å². The van der Waals surface area contributed by atoms with Crippen LogP contribution in [0.1, 0.15) is 28.9 Å². The molecular formula is C19H20ClN3O5. The van der Waals surface area contributed by atoms with Crippen molar-refractivity contribution in [3.05, 3.63) is 68.7 Å². The Balaban J connectivity index is 2.00. The minimum Gasteiger partial charge on any atom is -0.452 e. The Hall–Kier alpha value is -3.13. The SMILES string of the molecule is C[C@@H](NC(=O)COC(=O)c1ccc(N(C)C)c([N+](=O)[O-])c1)c1ccccc1Cl. The number of ether oxygens (including phenoxy) is 1. The lowest BCUT2D eigenvalue weighted by Crippen LogP contribution is -2.31. The summed E-state index contributed by atoms with van der Waals surface area (Å²) in [5.41, 5.74) is 0.854. The first kappa shape index (κ1) is 21.2. The van der Waals surface area contributed by atoms with Gasteiger partial charge >= 0.3 is 5.97 Å². The van der Waals surface area contributed by atoms with Gasteiger partial charge < -0.3 is 15.0 Å². The second kappa shape index (κ2) is 9.18. The molecule has 1 N–H and O–H groups in total.